The van der Waals surface area contributed by atoms with Crippen LogP contribution in [-0.2, 0) is 9.84 Å². The van der Waals surface area contributed by atoms with Crippen molar-refractivity contribution < 1.29 is 13.3 Å². The zero-order chi connectivity index (χ0) is 20.5. The summed E-state index contributed by atoms with van der Waals surface area (Å²) >= 11 is 1.11. The molecule has 1 heterocycles. The number of nitrogens with zero attached hydrogens (tertiary/aromatic N) is 2. The van der Waals surface area contributed by atoms with E-state index in [1.54, 1.807) is 36.6 Å². The Morgan fingerprint density at radius 2 is 1.68 bits per heavy atom. The van der Waals surface area contributed by atoms with Gasteiger partial charge in [-0.05, 0) is 43.0 Å². The Hall–Kier alpha value is -3.02. The number of hydrogen-bond acceptors (Lipinski definition) is 6. The van der Waals surface area contributed by atoms with Gasteiger partial charge < -0.3 is 0 Å². The van der Waals surface area contributed by atoms with Crippen LogP contribution in [0.2, 0.25) is 0 Å². The smallest absolute Gasteiger partial charge is 0.258 e. The fraction of sp³-hybridized carbons (Fsp3) is 0.150. The molecule has 8 heteroatoms. The van der Waals surface area contributed by atoms with Gasteiger partial charge in [0.2, 0.25) is 0 Å². The Labute approximate surface area is 166 Å². The zero-order valence-corrected chi connectivity index (χ0v) is 16.8. The van der Waals surface area contributed by atoms with Crippen LogP contribution in [0.1, 0.15) is 32.4 Å². The molecular formula is C20H16N2O4S2. The lowest BCUT2D eigenvalue weighted by Gasteiger charge is -2.18. The van der Waals surface area contributed by atoms with Crippen LogP contribution in [0.4, 0.5) is 5.69 Å². The van der Waals surface area contributed by atoms with Crippen LogP contribution in [0.5, 0.6) is 0 Å². The molecule has 0 aliphatic heterocycles. The van der Waals surface area contributed by atoms with Crippen molar-refractivity contribution >= 4 is 26.9 Å². The first-order valence-electron chi connectivity index (χ1n) is 8.28. The summed E-state index contributed by atoms with van der Waals surface area (Å²) < 4.78 is 27.1. The van der Waals surface area contributed by atoms with E-state index in [1.807, 2.05) is 13.0 Å². The highest BCUT2D eigenvalue weighted by atomic mass is 32.2. The predicted molar refractivity (Wildman–Crippen MR) is 107 cm³/mol. The zero-order valence-electron chi connectivity index (χ0n) is 15.1. The van der Waals surface area contributed by atoms with E-state index in [0.29, 0.717) is 5.56 Å². The number of benzene rings is 2. The highest BCUT2D eigenvalue weighted by Crippen LogP contribution is 2.42. The molecule has 0 N–H and O–H groups in total. The number of sulfone groups is 1. The summed E-state index contributed by atoms with van der Waals surface area (Å²) in [5, 5.41) is 21.4. The van der Waals surface area contributed by atoms with Crippen molar-refractivity contribution in [1.29, 1.82) is 5.26 Å². The molecule has 1 aromatic heterocycles. The Kier molecular flexibility index (Phi) is 5.31. The van der Waals surface area contributed by atoms with E-state index in [1.165, 1.54) is 24.3 Å². The van der Waals surface area contributed by atoms with E-state index in [4.69, 9.17) is 0 Å². The normalized spacial score (nSPS) is 12.3. The topological polar surface area (TPSA) is 101 Å². The molecule has 3 rings (SSSR count). The maximum atomic E-state index is 13.5. The molecule has 0 radical (unpaired) electrons. The summed E-state index contributed by atoms with van der Waals surface area (Å²) in [5.74, 6) is 0. The third kappa shape index (κ3) is 3.54. The Morgan fingerprint density at radius 1 is 1.04 bits per heavy atom. The summed E-state index contributed by atoms with van der Waals surface area (Å²) in [6.07, 6.45) is 0. The molecular weight excluding hydrogens is 396 g/mol. The largest absolute Gasteiger partial charge is 0.274 e. The standard InChI is InChI=1S/C20H16N2O4S2/c1-13-3-6-15(7-4-13)28(25,26)20(17-9-10-27-19(17)12-21)16-8-5-14(2)11-18(16)22(23)24/h3-11,20H,1-2H3. The lowest BCUT2D eigenvalue weighted by molar-refractivity contribution is -0.385. The molecule has 28 heavy (non-hydrogen) atoms. The average Bonchev–Trinajstić information content (AvgIpc) is 3.11. The van der Waals surface area contributed by atoms with E-state index >= 15 is 0 Å². The van der Waals surface area contributed by atoms with Gasteiger partial charge in [-0.2, -0.15) is 5.26 Å². The lowest BCUT2D eigenvalue weighted by atomic mass is 10.0. The van der Waals surface area contributed by atoms with Crippen molar-refractivity contribution in [3.05, 3.63) is 91.2 Å². The fourth-order valence-corrected chi connectivity index (χ4v) is 5.67. The number of nitro benzene ring substituents is 1. The van der Waals surface area contributed by atoms with E-state index in [9.17, 15) is 23.8 Å². The van der Waals surface area contributed by atoms with Gasteiger partial charge in [-0.15, -0.1) is 11.3 Å². The van der Waals surface area contributed by atoms with Crippen molar-refractivity contribution in [3.63, 3.8) is 0 Å². The van der Waals surface area contributed by atoms with Gasteiger partial charge in [0.05, 0.1) is 15.4 Å². The molecule has 1 unspecified atom stereocenters. The van der Waals surface area contributed by atoms with Crippen LogP contribution in [0.15, 0.2) is 58.8 Å². The lowest BCUT2D eigenvalue weighted by Crippen LogP contribution is -2.17. The van der Waals surface area contributed by atoms with Crippen molar-refractivity contribution in [2.75, 3.05) is 0 Å². The van der Waals surface area contributed by atoms with E-state index in [0.717, 1.165) is 16.9 Å². The van der Waals surface area contributed by atoms with Crippen molar-refractivity contribution in [1.82, 2.24) is 0 Å². The molecule has 2 aromatic carbocycles. The molecule has 0 saturated carbocycles. The predicted octanol–water partition coefficient (Wildman–Crippen LogP) is 4.71. The summed E-state index contributed by atoms with van der Waals surface area (Å²) in [6, 6.07) is 14.3. The first kappa shape index (κ1) is 19.7. The molecule has 0 fully saturated rings. The summed E-state index contributed by atoms with van der Waals surface area (Å²) in [7, 11) is -4.04. The fourth-order valence-electron chi connectivity index (χ4n) is 3.02. The highest BCUT2D eigenvalue weighted by Gasteiger charge is 2.37. The third-order valence-electron chi connectivity index (χ3n) is 4.40. The second-order valence-electron chi connectivity index (χ2n) is 6.37. The van der Waals surface area contributed by atoms with Gasteiger partial charge >= 0.3 is 0 Å². The molecule has 142 valence electrons. The van der Waals surface area contributed by atoms with Crippen molar-refractivity contribution in [3.8, 4) is 6.07 Å². The highest BCUT2D eigenvalue weighted by molar-refractivity contribution is 7.92. The molecule has 0 aliphatic carbocycles. The molecule has 1 atom stereocenters. The SMILES string of the molecule is Cc1ccc(S(=O)(=O)C(c2ccc(C)cc2[N+](=O)[O-])c2ccsc2C#N)cc1. The van der Waals surface area contributed by atoms with Gasteiger partial charge in [0, 0.05) is 11.6 Å². The minimum atomic E-state index is -4.04. The number of rotatable bonds is 5. The first-order valence-corrected chi connectivity index (χ1v) is 10.7. The number of nitro groups is 1. The minimum Gasteiger partial charge on any atom is -0.258 e. The van der Waals surface area contributed by atoms with Crippen LogP contribution in [0.25, 0.3) is 0 Å². The van der Waals surface area contributed by atoms with Gasteiger partial charge in [-0.1, -0.05) is 29.8 Å². The first-order chi connectivity index (χ1) is 13.3. The van der Waals surface area contributed by atoms with Crippen molar-refractivity contribution in [2.24, 2.45) is 0 Å². The van der Waals surface area contributed by atoms with Gasteiger partial charge in [0.25, 0.3) is 5.69 Å². The summed E-state index contributed by atoms with van der Waals surface area (Å²) in [6.45, 7) is 3.54. The van der Waals surface area contributed by atoms with Crippen LogP contribution in [0, 0.1) is 35.3 Å². The minimum absolute atomic E-state index is 0.0473. The maximum Gasteiger partial charge on any atom is 0.274 e. The van der Waals surface area contributed by atoms with Crippen LogP contribution in [-0.4, -0.2) is 13.3 Å². The molecule has 0 saturated heterocycles. The molecule has 0 aliphatic rings. The molecule has 0 bridgehead atoms. The van der Waals surface area contributed by atoms with E-state index in [2.05, 4.69) is 0 Å². The summed E-state index contributed by atoms with van der Waals surface area (Å²) in [5.41, 5.74) is 1.56. The number of aryl methyl sites for hydroxylation is 2. The molecule has 3 aromatic rings. The number of hydrogen-bond donors (Lipinski definition) is 0. The monoisotopic (exact) mass is 412 g/mol. The van der Waals surface area contributed by atoms with Crippen LogP contribution in [0.3, 0.4) is 0 Å². The van der Waals surface area contributed by atoms with Crippen LogP contribution < -0.4 is 0 Å². The Bertz CT molecular complexity index is 1190. The Balaban J connectivity index is 2.34. The second-order valence-corrected chi connectivity index (χ2v) is 9.32. The average molecular weight is 412 g/mol. The Morgan fingerprint density at radius 3 is 2.29 bits per heavy atom. The molecule has 6 nitrogen and oxygen atoms in total. The molecule has 0 amide bonds. The van der Waals surface area contributed by atoms with Crippen LogP contribution >= 0.6 is 11.3 Å². The van der Waals surface area contributed by atoms with E-state index < -0.39 is 20.0 Å². The summed E-state index contributed by atoms with van der Waals surface area (Å²) in [4.78, 5) is 11.3. The van der Waals surface area contributed by atoms with Gasteiger partial charge in [0.15, 0.2) is 9.84 Å². The van der Waals surface area contributed by atoms with Gasteiger partial charge in [-0.25, -0.2) is 8.42 Å². The second kappa shape index (κ2) is 7.54. The van der Waals surface area contributed by atoms with Gasteiger partial charge in [0.1, 0.15) is 16.2 Å². The number of thiophene rings is 1. The van der Waals surface area contributed by atoms with E-state index in [-0.39, 0.29) is 26.6 Å². The number of nitriles is 1. The third-order valence-corrected chi connectivity index (χ3v) is 7.30. The quantitative estimate of drug-likeness (QED) is 0.446. The molecule has 0 spiro atoms. The van der Waals surface area contributed by atoms with Crippen molar-refractivity contribution in [2.45, 2.75) is 24.0 Å². The van der Waals surface area contributed by atoms with Gasteiger partial charge in [-0.3, -0.25) is 10.1 Å². The maximum absolute atomic E-state index is 13.5.